The zero-order valence-corrected chi connectivity index (χ0v) is 12.5. The monoisotopic (exact) mass is 286 g/mol. The second-order valence-corrected chi connectivity index (χ2v) is 5.75. The van der Waals surface area contributed by atoms with E-state index in [1.54, 1.807) is 0 Å². The summed E-state index contributed by atoms with van der Waals surface area (Å²) in [5.74, 6) is 0. The molecule has 0 atom stereocenters. The molecule has 0 nitrogen and oxygen atoms in total. The van der Waals surface area contributed by atoms with Crippen molar-refractivity contribution < 1.29 is 0 Å². The largest absolute Gasteiger partial charge is 0.207 e. The van der Waals surface area contributed by atoms with E-state index in [1.807, 2.05) is 18.2 Å². The third-order valence-corrected chi connectivity index (χ3v) is 4.78. The van der Waals surface area contributed by atoms with E-state index < -0.39 is 0 Å². The Morgan fingerprint density at radius 1 is 0.524 bits per heavy atom. The molecule has 0 aliphatic heterocycles. The van der Waals surface area contributed by atoms with Gasteiger partial charge in [0.1, 0.15) is 0 Å². The Hall–Kier alpha value is -1.93. The highest BCUT2D eigenvalue weighted by molar-refractivity contribution is 8.20. The van der Waals surface area contributed by atoms with Crippen LogP contribution in [0.5, 0.6) is 0 Å². The van der Waals surface area contributed by atoms with Gasteiger partial charge in [0.05, 0.1) is 4.75 Å². The SMILES string of the molecule is [B]SC(c1ccccc1)(c1ccccc1)c1ccccc1. The topological polar surface area (TPSA) is 0 Å². The summed E-state index contributed by atoms with van der Waals surface area (Å²) in [5.41, 5.74) is 3.57. The quantitative estimate of drug-likeness (QED) is 0.490. The Morgan fingerprint density at radius 3 is 1.05 bits per heavy atom. The highest BCUT2D eigenvalue weighted by Gasteiger charge is 2.34. The number of hydrogen-bond donors (Lipinski definition) is 0. The summed E-state index contributed by atoms with van der Waals surface area (Å²) in [6, 6.07) is 31.3. The van der Waals surface area contributed by atoms with Crippen LogP contribution in [0.3, 0.4) is 0 Å². The van der Waals surface area contributed by atoms with E-state index in [9.17, 15) is 0 Å². The third-order valence-electron chi connectivity index (χ3n) is 3.72. The minimum Gasteiger partial charge on any atom is -0.207 e. The summed E-state index contributed by atoms with van der Waals surface area (Å²) in [6.45, 7) is 0. The van der Waals surface area contributed by atoms with Crippen molar-refractivity contribution in [1.82, 2.24) is 0 Å². The molecule has 3 aromatic carbocycles. The fourth-order valence-electron chi connectivity index (χ4n) is 2.72. The van der Waals surface area contributed by atoms with Crippen molar-refractivity contribution in [3.63, 3.8) is 0 Å². The van der Waals surface area contributed by atoms with Crippen molar-refractivity contribution in [1.29, 1.82) is 0 Å². The Bertz CT molecular complexity index is 584. The van der Waals surface area contributed by atoms with Crippen molar-refractivity contribution in [3.05, 3.63) is 108 Å². The molecule has 0 unspecified atom stereocenters. The molecule has 3 rings (SSSR count). The van der Waals surface area contributed by atoms with Gasteiger partial charge >= 0.3 is 0 Å². The van der Waals surface area contributed by atoms with Gasteiger partial charge in [-0.3, -0.25) is 0 Å². The van der Waals surface area contributed by atoms with Crippen LogP contribution in [0.15, 0.2) is 91.0 Å². The van der Waals surface area contributed by atoms with Crippen LogP contribution >= 0.6 is 11.6 Å². The van der Waals surface area contributed by atoms with Crippen LogP contribution in [0.25, 0.3) is 0 Å². The molecule has 2 radical (unpaired) electrons. The van der Waals surface area contributed by atoms with E-state index in [1.165, 1.54) is 28.3 Å². The van der Waals surface area contributed by atoms with E-state index >= 15 is 0 Å². The molecule has 0 fully saturated rings. The maximum Gasteiger partial charge on any atom is 0.163 e. The van der Waals surface area contributed by atoms with Crippen LogP contribution in [0.4, 0.5) is 0 Å². The van der Waals surface area contributed by atoms with Gasteiger partial charge in [0.15, 0.2) is 7.12 Å². The highest BCUT2D eigenvalue weighted by atomic mass is 32.2. The molecular weight excluding hydrogens is 271 g/mol. The molecule has 0 bridgehead atoms. The summed E-state index contributed by atoms with van der Waals surface area (Å²) in [5, 5.41) is 0. The van der Waals surface area contributed by atoms with E-state index in [0.717, 1.165) is 0 Å². The normalized spacial score (nSPS) is 11.2. The van der Waals surface area contributed by atoms with E-state index in [2.05, 4.69) is 72.8 Å². The summed E-state index contributed by atoms with van der Waals surface area (Å²) in [6.07, 6.45) is 0. The van der Waals surface area contributed by atoms with Gasteiger partial charge in [0, 0.05) is 0 Å². The van der Waals surface area contributed by atoms with Gasteiger partial charge in [-0.2, -0.15) is 0 Å². The number of benzene rings is 3. The van der Waals surface area contributed by atoms with Crippen LogP contribution in [0.2, 0.25) is 0 Å². The van der Waals surface area contributed by atoms with Crippen molar-refractivity contribution in [2.24, 2.45) is 0 Å². The minimum atomic E-state index is -0.385. The lowest BCUT2D eigenvalue weighted by molar-refractivity contribution is 0.902. The fourth-order valence-corrected chi connectivity index (χ4v) is 3.54. The first-order valence-corrected chi connectivity index (χ1v) is 7.80. The molecule has 100 valence electrons. The predicted octanol–water partition coefficient (Wildman–Crippen LogP) is 4.80. The molecule has 21 heavy (non-hydrogen) atoms. The fraction of sp³-hybridized carbons (Fsp3) is 0.0526. The molecule has 0 aromatic heterocycles. The number of hydrogen-bond acceptors (Lipinski definition) is 1. The van der Waals surface area contributed by atoms with Crippen molar-refractivity contribution >= 4 is 18.7 Å². The second-order valence-electron chi connectivity index (χ2n) is 4.90. The van der Waals surface area contributed by atoms with Crippen LogP contribution in [-0.2, 0) is 4.75 Å². The lowest BCUT2D eigenvalue weighted by atomic mass is 9.84. The Kier molecular flexibility index (Phi) is 4.17. The van der Waals surface area contributed by atoms with Gasteiger partial charge in [0.25, 0.3) is 0 Å². The van der Waals surface area contributed by atoms with E-state index in [0.29, 0.717) is 0 Å². The zero-order chi connectivity index (χ0) is 14.5. The van der Waals surface area contributed by atoms with E-state index in [4.69, 9.17) is 7.12 Å². The lowest BCUT2D eigenvalue weighted by Gasteiger charge is -2.35. The molecule has 0 aliphatic rings. The predicted molar refractivity (Wildman–Crippen MR) is 92.6 cm³/mol. The van der Waals surface area contributed by atoms with Gasteiger partial charge in [-0.15, -0.1) is 0 Å². The maximum atomic E-state index is 6.22. The first kappa shape index (κ1) is 14.0. The molecule has 0 heterocycles. The Balaban J connectivity index is 2.29. The highest BCUT2D eigenvalue weighted by Crippen LogP contribution is 2.46. The second kappa shape index (κ2) is 6.23. The van der Waals surface area contributed by atoms with Crippen molar-refractivity contribution in [2.45, 2.75) is 4.75 Å². The lowest BCUT2D eigenvalue weighted by Crippen LogP contribution is -2.25. The summed E-state index contributed by atoms with van der Waals surface area (Å²) in [4.78, 5) is 0. The molecule has 0 amide bonds. The molecule has 0 N–H and O–H groups in total. The summed E-state index contributed by atoms with van der Waals surface area (Å²) in [7, 11) is 6.22. The molecule has 2 heteroatoms. The maximum absolute atomic E-state index is 6.22. The first-order chi connectivity index (χ1) is 10.4. The standard InChI is InChI=1S/C19H15BS/c20-21-19(16-10-4-1-5-11-16,17-12-6-2-7-13-17)18-14-8-3-9-15-18/h1-15H. The molecular formula is C19H15BS. The minimum absolute atomic E-state index is 0.385. The Labute approximate surface area is 131 Å². The number of rotatable bonds is 4. The summed E-state index contributed by atoms with van der Waals surface area (Å²) >= 11 is 1.38. The van der Waals surface area contributed by atoms with Crippen LogP contribution in [-0.4, -0.2) is 7.12 Å². The van der Waals surface area contributed by atoms with Gasteiger partial charge < -0.3 is 0 Å². The molecule has 0 spiro atoms. The van der Waals surface area contributed by atoms with Crippen LogP contribution in [0.1, 0.15) is 16.7 Å². The smallest absolute Gasteiger partial charge is 0.163 e. The molecule has 3 aromatic rings. The van der Waals surface area contributed by atoms with Gasteiger partial charge in [0.2, 0.25) is 0 Å². The van der Waals surface area contributed by atoms with Crippen molar-refractivity contribution in [3.8, 4) is 0 Å². The third kappa shape index (κ3) is 2.52. The molecule has 0 saturated carbocycles. The van der Waals surface area contributed by atoms with Gasteiger partial charge in [-0.1, -0.05) is 91.0 Å². The van der Waals surface area contributed by atoms with Crippen LogP contribution in [0, 0.1) is 0 Å². The van der Waals surface area contributed by atoms with Gasteiger partial charge in [-0.25, -0.2) is 11.6 Å². The first-order valence-electron chi connectivity index (χ1n) is 6.92. The van der Waals surface area contributed by atoms with E-state index in [-0.39, 0.29) is 4.75 Å². The van der Waals surface area contributed by atoms with Gasteiger partial charge in [-0.05, 0) is 16.7 Å². The van der Waals surface area contributed by atoms with Crippen molar-refractivity contribution in [2.75, 3.05) is 0 Å². The average Bonchev–Trinajstić information content (AvgIpc) is 2.59. The zero-order valence-electron chi connectivity index (χ0n) is 11.6. The Morgan fingerprint density at radius 2 is 0.810 bits per heavy atom. The average molecular weight is 286 g/mol. The molecule has 0 saturated heterocycles. The van der Waals surface area contributed by atoms with Crippen LogP contribution < -0.4 is 0 Å². The summed E-state index contributed by atoms with van der Waals surface area (Å²) < 4.78 is -0.385. The molecule has 0 aliphatic carbocycles.